The highest BCUT2D eigenvalue weighted by atomic mass is 32.1. The topological polar surface area (TPSA) is 84.0 Å². The number of carbonyl (C=O) groups excluding carboxylic acids is 1. The van der Waals surface area contributed by atoms with Gasteiger partial charge in [-0.1, -0.05) is 19.8 Å². The summed E-state index contributed by atoms with van der Waals surface area (Å²) in [6, 6.07) is 2.04. The highest BCUT2D eigenvalue weighted by molar-refractivity contribution is 7.17. The fraction of sp³-hybridized carbons (Fsp3) is 0.611. The van der Waals surface area contributed by atoms with Crippen LogP contribution in [0.2, 0.25) is 0 Å². The van der Waals surface area contributed by atoms with Crippen LogP contribution in [-0.2, 0) is 11.3 Å². The summed E-state index contributed by atoms with van der Waals surface area (Å²) in [5.41, 5.74) is -0.0251. The van der Waals surface area contributed by atoms with Crippen LogP contribution < -0.4 is 16.6 Å². The number of aromatic amines is 1. The first-order valence-corrected chi connectivity index (χ1v) is 9.94. The van der Waals surface area contributed by atoms with Crippen molar-refractivity contribution in [3.05, 3.63) is 32.3 Å². The molecule has 1 amide bonds. The highest BCUT2D eigenvalue weighted by Gasteiger charge is 2.22. The van der Waals surface area contributed by atoms with Crippen molar-refractivity contribution in [3.8, 4) is 0 Å². The van der Waals surface area contributed by atoms with Gasteiger partial charge < -0.3 is 10.3 Å². The van der Waals surface area contributed by atoms with E-state index in [1.54, 1.807) is 11.4 Å². The van der Waals surface area contributed by atoms with Crippen molar-refractivity contribution in [1.82, 2.24) is 14.9 Å². The Hall–Kier alpha value is -1.89. The number of nitrogens with one attached hydrogen (secondary N) is 2. The van der Waals surface area contributed by atoms with Gasteiger partial charge in [0.1, 0.15) is 4.70 Å². The fourth-order valence-electron chi connectivity index (χ4n) is 3.54. The first-order chi connectivity index (χ1) is 12.1. The van der Waals surface area contributed by atoms with E-state index in [9.17, 15) is 14.4 Å². The van der Waals surface area contributed by atoms with E-state index in [1.165, 1.54) is 35.2 Å². The van der Waals surface area contributed by atoms with E-state index in [1.807, 2.05) is 0 Å². The van der Waals surface area contributed by atoms with Crippen LogP contribution in [0.15, 0.2) is 21.0 Å². The molecule has 0 spiro atoms. The highest BCUT2D eigenvalue weighted by Crippen LogP contribution is 2.23. The number of amides is 1. The maximum absolute atomic E-state index is 12.3. The summed E-state index contributed by atoms with van der Waals surface area (Å²) in [6.45, 7) is 2.54. The third-order valence-electron chi connectivity index (χ3n) is 5.08. The third-order valence-corrected chi connectivity index (χ3v) is 5.99. The van der Waals surface area contributed by atoms with Gasteiger partial charge in [0, 0.05) is 19.0 Å². The van der Waals surface area contributed by atoms with Gasteiger partial charge in [-0.2, -0.15) is 0 Å². The Labute approximate surface area is 150 Å². The van der Waals surface area contributed by atoms with E-state index >= 15 is 0 Å². The van der Waals surface area contributed by atoms with Gasteiger partial charge in [0.05, 0.1) is 5.52 Å². The Morgan fingerprint density at radius 2 is 2.12 bits per heavy atom. The van der Waals surface area contributed by atoms with E-state index < -0.39 is 0 Å². The fourth-order valence-corrected chi connectivity index (χ4v) is 4.34. The van der Waals surface area contributed by atoms with E-state index in [4.69, 9.17) is 0 Å². The number of hydrogen-bond donors (Lipinski definition) is 2. The molecule has 1 aliphatic carbocycles. The van der Waals surface area contributed by atoms with Gasteiger partial charge in [-0.3, -0.25) is 14.2 Å². The third kappa shape index (κ3) is 4.21. The van der Waals surface area contributed by atoms with Crippen molar-refractivity contribution in [2.24, 2.45) is 5.92 Å². The maximum Gasteiger partial charge on any atom is 0.328 e. The molecule has 2 aromatic rings. The molecule has 2 N–H and O–H groups in total. The summed E-state index contributed by atoms with van der Waals surface area (Å²) in [6.07, 6.45) is 6.43. The molecule has 3 rings (SSSR count). The number of unbranched alkanes of at least 4 members (excludes halogenated alkanes) is 1. The quantitative estimate of drug-likeness (QED) is 0.774. The lowest BCUT2D eigenvalue weighted by Crippen LogP contribution is -2.41. The Morgan fingerprint density at radius 1 is 1.32 bits per heavy atom. The van der Waals surface area contributed by atoms with E-state index in [2.05, 4.69) is 17.2 Å². The van der Waals surface area contributed by atoms with E-state index in [-0.39, 0.29) is 17.2 Å². The van der Waals surface area contributed by atoms with Crippen LogP contribution >= 0.6 is 11.3 Å². The summed E-state index contributed by atoms with van der Waals surface area (Å²) in [5, 5.41) is 4.93. The molecule has 2 aromatic heterocycles. The normalized spacial score (nSPS) is 20.7. The first-order valence-electron chi connectivity index (χ1n) is 9.06. The summed E-state index contributed by atoms with van der Waals surface area (Å²) in [7, 11) is 0. The summed E-state index contributed by atoms with van der Waals surface area (Å²) in [5.74, 6) is 0.626. The minimum absolute atomic E-state index is 0.0775. The Morgan fingerprint density at radius 3 is 2.92 bits per heavy atom. The molecule has 2 heterocycles. The van der Waals surface area contributed by atoms with Crippen LogP contribution in [0.5, 0.6) is 0 Å². The van der Waals surface area contributed by atoms with Crippen molar-refractivity contribution < 1.29 is 4.79 Å². The van der Waals surface area contributed by atoms with Crippen LogP contribution in [0.3, 0.4) is 0 Å². The van der Waals surface area contributed by atoms with Crippen molar-refractivity contribution >= 4 is 27.5 Å². The molecule has 0 bridgehead atoms. The molecule has 1 fully saturated rings. The number of H-pyrrole nitrogens is 1. The number of carbonyl (C=O) groups is 1. The zero-order chi connectivity index (χ0) is 17.8. The molecule has 25 heavy (non-hydrogen) atoms. The van der Waals surface area contributed by atoms with Crippen molar-refractivity contribution in [3.63, 3.8) is 0 Å². The molecule has 1 saturated carbocycles. The molecule has 0 unspecified atom stereocenters. The van der Waals surface area contributed by atoms with Crippen LogP contribution in [-0.4, -0.2) is 21.5 Å². The van der Waals surface area contributed by atoms with Crippen LogP contribution in [0, 0.1) is 5.92 Å². The molecule has 6 nitrogen and oxygen atoms in total. The lowest BCUT2D eigenvalue weighted by Gasteiger charge is -2.29. The van der Waals surface area contributed by atoms with Crippen LogP contribution in [0.4, 0.5) is 0 Å². The minimum Gasteiger partial charge on any atom is -0.353 e. The number of thiophene rings is 1. The van der Waals surface area contributed by atoms with E-state index in [0.29, 0.717) is 48.0 Å². The number of hydrogen-bond acceptors (Lipinski definition) is 4. The van der Waals surface area contributed by atoms with E-state index in [0.717, 1.165) is 6.42 Å². The number of aromatic nitrogens is 2. The van der Waals surface area contributed by atoms with Crippen molar-refractivity contribution in [1.29, 1.82) is 0 Å². The standard InChI is InChI=1S/C18H25N3O3S/c1-12-6-2-3-7-13(12)19-15(22)8-4-5-10-21-17(23)16-14(9-11-25-16)20-18(21)24/h9,11-13H,2-8,10H2,1H3,(H,19,22)(H,20,24)/t12-,13-/m1/s1. The van der Waals surface area contributed by atoms with Crippen LogP contribution in [0.25, 0.3) is 10.2 Å². The average molecular weight is 363 g/mol. The second-order valence-corrected chi connectivity index (χ2v) is 7.86. The van der Waals surface area contributed by atoms with Gasteiger partial charge in [0.15, 0.2) is 0 Å². The monoisotopic (exact) mass is 363 g/mol. The SMILES string of the molecule is C[C@@H]1CCCC[C@H]1NC(=O)CCCCn1c(=O)[nH]c2ccsc2c1=O. The number of fused-ring (bicyclic) bond motifs is 1. The Bertz CT molecular complexity index is 851. The molecular formula is C18H25N3O3S. The number of nitrogens with zero attached hydrogens (tertiary/aromatic N) is 1. The minimum atomic E-state index is -0.378. The van der Waals surface area contributed by atoms with Crippen molar-refractivity contribution in [2.45, 2.75) is 64.5 Å². The largest absolute Gasteiger partial charge is 0.353 e. The summed E-state index contributed by atoms with van der Waals surface area (Å²) in [4.78, 5) is 39.1. The predicted molar refractivity (Wildman–Crippen MR) is 100 cm³/mol. The molecule has 0 aliphatic heterocycles. The lowest BCUT2D eigenvalue weighted by atomic mass is 9.86. The van der Waals surface area contributed by atoms with Gasteiger partial charge in [-0.05, 0) is 43.0 Å². The second-order valence-electron chi connectivity index (χ2n) is 6.94. The average Bonchev–Trinajstić information content (AvgIpc) is 3.04. The Kier molecular flexibility index (Phi) is 5.73. The van der Waals surface area contributed by atoms with Gasteiger partial charge in [-0.25, -0.2) is 4.79 Å². The van der Waals surface area contributed by atoms with Gasteiger partial charge >= 0.3 is 5.69 Å². The van der Waals surface area contributed by atoms with Gasteiger partial charge in [0.2, 0.25) is 5.91 Å². The Balaban J connectivity index is 1.49. The molecule has 1 aliphatic rings. The smallest absolute Gasteiger partial charge is 0.328 e. The van der Waals surface area contributed by atoms with Crippen LogP contribution in [0.1, 0.15) is 51.9 Å². The molecule has 0 aromatic carbocycles. The van der Waals surface area contributed by atoms with Crippen molar-refractivity contribution in [2.75, 3.05) is 0 Å². The molecule has 0 saturated heterocycles. The molecule has 0 radical (unpaired) electrons. The summed E-state index contributed by atoms with van der Waals surface area (Å²) >= 11 is 1.33. The molecule has 136 valence electrons. The predicted octanol–water partition coefficient (Wildman–Crippen LogP) is 2.62. The second kappa shape index (κ2) is 7.99. The lowest BCUT2D eigenvalue weighted by molar-refractivity contribution is -0.122. The molecular weight excluding hydrogens is 338 g/mol. The maximum atomic E-state index is 12.3. The zero-order valence-corrected chi connectivity index (χ0v) is 15.4. The van der Waals surface area contributed by atoms with Gasteiger partial charge in [0.25, 0.3) is 5.56 Å². The van der Waals surface area contributed by atoms with Gasteiger partial charge in [-0.15, -0.1) is 11.3 Å². The molecule has 7 heteroatoms. The zero-order valence-electron chi connectivity index (χ0n) is 14.5. The molecule has 2 atom stereocenters. The first kappa shape index (κ1) is 17.9. The summed E-state index contributed by atoms with van der Waals surface area (Å²) < 4.78 is 1.81. The number of rotatable bonds is 6.